The lowest BCUT2D eigenvalue weighted by Gasteiger charge is -2.18. The van der Waals surface area contributed by atoms with E-state index in [0.717, 1.165) is 5.56 Å². The zero-order valence-corrected chi connectivity index (χ0v) is 12.4. The van der Waals surface area contributed by atoms with Crippen LogP contribution in [-0.4, -0.2) is 26.1 Å². The molecule has 3 atom stereocenters. The Balaban J connectivity index is 1.71. The normalized spacial score (nSPS) is 24.8. The standard InChI is InChI=1S/C18H16O4/c1-20-13-8-11-12(9-14(13)21-2)22-18-15(16(18)17(11)19)10-6-4-3-5-7-10/h3-9,15-16,18H,1-2H3. The number of carbonyl (C=O) groups excluding carboxylic acids is 1. The van der Waals surface area contributed by atoms with Crippen molar-refractivity contribution in [3.63, 3.8) is 0 Å². The number of benzene rings is 2. The maximum Gasteiger partial charge on any atom is 0.174 e. The fraction of sp³-hybridized carbons (Fsp3) is 0.278. The summed E-state index contributed by atoms with van der Waals surface area (Å²) >= 11 is 0. The van der Waals surface area contributed by atoms with Crippen LogP contribution in [-0.2, 0) is 0 Å². The highest BCUT2D eigenvalue weighted by atomic mass is 16.5. The van der Waals surface area contributed by atoms with Crippen molar-refractivity contribution in [1.82, 2.24) is 0 Å². The Kier molecular flexibility index (Phi) is 2.86. The summed E-state index contributed by atoms with van der Waals surface area (Å²) < 4.78 is 16.6. The number of methoxy groups -OCH3 is 2. The number of fused-ring (bicyclic) bond motifs is 2. The largest absolute Gasteiger partial charge is 0.493 e. The number of rotatable bonds is 3. The lowest BCUT2D eigenvalue weighted by atomic mass is 10.0. The predicted molar refractivity (Wildman–Crippen MR) is 81.0 cm³/mol. The minimum Gasteiger partial charge on any atom is -0.493 e. The van der Waals surface area contributed by atoms with E-state index in [1.807, 2.05) is 30.3 Å². The van der Waals surface area contributed by atoms with Gasteiger partial charge in [0.15, 0.2) is 17.3 Å². The second-order valence-electron chi connectivity index (χ2n) is 5.61. The molecule has 0 radical (unpaired) electrons. The molecule has 0 amide bonds. The van der Waals surface area contributed by atoms with Crippen molar-refractivity contribution in [2.45, 2.75) is 12.0 Å². The summed E-state index contributed by atoms with van der Waals surface area (Å²) in [4.78, 5) is 12.7. The Morgan fingerprint density at radius 1 is 0.955 bits per heavy atom. The fourth-order valence-corrected chi connectivity index (χ4v) is 3.29. The van der Waals surface area contributed by atoms with E-state index >= 15 is 0 Å². The Bertz CT molecular complexity index is 738. The molecule has 1 heterocycles. The SMILES string of the molecule is COc1cc2c(cc1OC)C(=O)C1C(O2)C1c1ccccc1. The highest BCUT2D eigenvalue weighted by molar-refractivity contribution is 6.05. The van der Waals surface area contributed by atoms with Gasteiger partial charge in [-0.05, 0) is 11.6 Å². The van der Waals surface area contributed by atoms with Crippen LogP contribution in [0.3, 0.4) is 0 Å². The molecule has 0 bridgehead atoms. The number of hydrogen-bond acceptors (Lipinski definition) is 4. The summed E-state index contributed by atoms with van der Waals surface area (Å²) in [6, 6.07) is 13.5. The Hall–Kier alpha value is -2.49. The van der Waals surface area contributed by atoms with Crippen molar-refractivity contribution in [2.75, 3.05) is 14.2 Å². The third-order valence-corrected chi connectivity index (χ3v) is 4.46. The van der Waals surface area contributed by atoms with Crippen molar-refractivity contribution in [1.29, 1.82) is 0 Å². The van der Waals surface area contributed by atoms with Gasteiger partial charge in [0.2, 0.25) is 0 Å². The Labute approximate surface area is 128 Å². The lowest BCUT2D eigenvalue weighted by molar-refractivity contribution is 0.0919. The third-order valence-electron chi connectivity index (χ3n) is 4.46. The van der Waals surface area contributed by atoms with E-state index in [4.69, 9.17) is 14.2 Å². The first kappa shape index (κ1) is 13.2. The van der Waals surface area contributed by atoms with Crippen LogP contribution in [0.2, 0.25) is 0 Å². The average molecular weight is 296 g/mol. The maximum atomic E-state index is 12.7. The monoisotopic (exact) mass is 296 g/mol. The summed E-state index contributed by atoms with van der Waals surface area (Å²) in [5.41, 5.74) is 1.73. The van der Waals surface area contributed by atoms with Crippen molar-refractivity contribution in [3.8, 4) is 17.2 Å². The number of ketones is 1. The quantitative estimate of drug-likeness (QED) is 0.873. The summed E-state index contributed by atoms with van der Waals surface area (Å²) in [6.45, 7) is 0. The third kappa shape index (κ3) is 1.80. The van der Waals surface area contributed by atoms with E-state index in [1.165, 1.54) is 0 Å². The molecule has 4 heteroatoms. The van der Waals surface area contributed by atoms with Crippen LogP contribution in [0.4, 0.5) is 0 Å². The summed E-state index contributed by atoms with van der Waals surface area (Å²) in [6.07, 6.45) is -0.0690. The van der Waals surface area contributed by atoms with Crippen LogP contribution in [0.1, 0.15) is 21.8 Å². The molecule has 0 N–H and O–H groups in total. The molecular formula is C18H16O4. The van der Waals surface area contributed by atoms with E-state index in [2.05, 4.69) is 0 Å². The van der Waals surface area contributed by atoms with Gasteiger partial charge in [-0.2, -0.15) is 0 Å². The van der Waals surface area contributed by atoms with Crippen LogP contribution in [0, 0.1) is 5.92 Å². The molecule has 1 aliphatic carbocycles. The molecule has 2 aliphatic rings. The molecule has 3 unspecified atom stereocenters. The molecule has 4 nitrogen and oxygen atoms in total. The van der Waals surface area contributed by atoms with E-state index in [9.17, 15) is 4.79 Å². The first-order valence-corrected chi connectivity index (χ1v) is 7.26. The maximum absolute atomic E-state index is 12.7. The Morgan fingerprint density at radius 3 is 2.32 bits per heavy atom. The summed E-state index contributed by atoms with van der Waals surface area (Å²) in [5.74, 6) is 1.88. The van der Waals surface area contributed by atoms with Crippen LogP contribution in [0.5, 0.6) is 17.2 Å². The molecular weight excluding hydrogens is 280 g/mol. The minimum absolute atomic E-state index is 0.0690. The van der Waals surface area contributed by atoms with Gasteiger partial charge in [0.1, 0.15) is 11.9 Å². The van der Waals surface area contributed by atoms with Gasteiger partial charge in [-0.3, -0.25) is 4.79 Å². The predicted octanol–water partition coefficient (Wildman–Crippen LogP) is 3.06. The van der Waals surface area contributed by atoms with E-state index in [-0.39, 0.29) is 23.7 Å². The van der Waals surface area contributed by atoms with Gasteiger partial charge >= 0.3 is 0 Å². The zero-order valence-electron chi connectivity index (χ0n) is 12.4. The van der Waals surface area contributed by atoms with Gasteiger partial charge < -0.3 is 14.2 Å². The molecule has 1 aliphatic heterocycles. The molecule has 2 aromatic rings. The van der Waals surface area contributed by atoms with E-state index in [1.54, 1.807) is 26.4 Å². The van der Waals surface area contributed by atoms with Gasteiger partial charge in [-0.15, -0.1) is 0 Å². The molecule has 4 rings (SSSR count). The fourth-order valence-electron chi connectivity index (χ4n) is 3.29. The smallest absolute Gasteiger partial charge is 0.174 e. The summed E-state index contributed by atoms with van der Waals surface area (Å²) in [5, 5.41) is 0. The molecule has 0 saturated heterocycles. The lowest BCUT2D eigenvalue weighted by Crippen LogP contribution is -2.17. The first-order chi connectivity index (χ1) is 10.7. The highest BCUT2D eigenvalue weighted by Gasteiger charge is 2.60. The van der Waals surface area contributed by atoms with Crippen molar-refractivity contribution < 1.29 is 19.0 Å². The first-order valence-electron chi connectivity index (χ1n) is 7.26. The summed E-state index contributed by atoms with van der Waals surface area (Å²) in [7, 11) is 3.13. The average Bonchev–Trinajstić information content (AvgIpc) is 3.29. The van der Waals surface area contributed by atoms with Gasteiger partial charge in [0, 0.05) is 12.0 Å². The molecule has 1 fully saturated rings. The molecule has 1 saturated carbocycles. The molecule has 0 spiro atoms. The minimum atomic E-state index is -0.0898. The topological polar surface area (TPSA) is 44.8 Å². The highest BCUT2D eigenvalue weighted by Crippen LogP contribution is 2.56. The van der Waals surface area contributed by atoms with Crippen molar-refractivity contribution in [2.24, 2.45) is 5.92 Å². The number of ether oxygens (including phenoxy) is 3. The number of carbonyl (C=O) groups is 1. The number of Topliss-reactive ketones (excluding diaryl/α,β-unsaturated/α-hetero) is 1. The number of hydrogen-bond donors (Lipinski definition) is 0. The van der Waals surface area contributed by atoms with Crippen LogP contribution < -0.4 is 14.2 Å². The van der Waals surface area contributed by atoms with Crippen LogP contribution in [0.25, 0.3) is 0 Å². The van der Waals surface area contributed by atoms with Crippen LogP contribution >= 0.6 is 0 Å². The van der Waals surface area contributed by atoms with Gasteiger partial charge in [0.25, 0.3) is 0 Å². The molecule has 0 aromatic heterocycles. The van der Waals surface area contributed by atoms with Crippen molar-refractivity contribution in [3.05, 3.63) is 53.6 Å². The van der Waals surface area contributed by atoms with Gasteiger partial charge in [-0.25, -0.2) is 0 Å². The van der Waals surface area contributed by atoms with Crippen molar-refractivity contribution >= 4 is 5.78 Å². The van der Waals surface area contributed by atoms with Crippen LogP contribution in [0.15, 0.2) is 42.5 Å². The second kappa shape index (κ2) is 4.77. The van der Waals surface area contributed by atoms with E-state index < -0.39 is 0 Å². The molecule has 112 valence electrons. The van der Waals surface area contributed by atoms with Gasteiger partial charge in [0.05, 0.1) is 25.7 Å². The molecule has 22 heavy (non-hydrogen) atoms. The van der Waals surface area contributed by atoms with E-state index in [0.29, 0.717) is 22.8 Å². The second-order valence-corrected chi connectivity index (χ2v) is 5.61. The Morgan fingerprint density at radius 2 is 1.64 bits per heavy atom. The van der Waals surface area contributed by atoms with Gasteiger partial charge in [-0.1, -0.05) is 30.3 Å². The molecule has 2 aromatic carbocycles. The zero-order chi connectivity index (χ0) is 15.3.